The first-order valence-corrected chi connectivity index (χ1v) is 6.28. The molecular formula is C14H22N4. The molecule has 1 aromatic heterocycles. The van der Waals surface area contributed by atoms with Gasteiger partial charge in [-0.05, 0) is 38.4 Å². The van der Waals surface area contributed by atoms with Crippen molar-refractivity contribution in [2.75, 3.05) is 13.2 Å². The summed E-state index contributed by atoms with van der Waals surface area (Å²) in [6.07, 6.45) is 1.76. The fourth-order valence-corrected chi connectivity index (χ4v) is 1.36. The highest BCUT2D eigenvalue weighted by atomic mass is 15.1. The van der Waals surface area contributed by atoms with Crippen molar-refractivity contribution in [1.29, 1.82) is 0 Å². The van der Waals surface area contributed by atoms with E-state index in [0.717, 1.165) is 18.0 Å². The van der Waals surface area contributed by atoms with E-state index in [4.69, 9.17) is 0 Å². The molecule has 0 saturated heterocycles. The van der Waals surface area contributed by atoms with Gasteiger partial charge >= 0.3 is 0 Å². The van der Waals surface area contributed by atoms with E-state index in [1.807, 2.05) is 32.0 Å². The average molecular weight is 246 g/mol. The second-order valence-corrected chi connectivity index (χ2v) is 4.76. The van der Waals surface area contributed by atoms with Gasteiger partial charge in [0.05, 0.1) is 6.67 Å². The Hall–Kier alpha value is -1.55. The van der Waals surface area contributed by atoms with Crippen molar-refractivity contribution in [3.8, 4) is 0 Å². The quantitative estimate of drug-likeness (QED) is 0.493. The lowest BCUT2D eigenvalue weighted by atomic mass is 10.2. The van der Waals surface area contributed by atoms with Crippen LogP contribution in [0.3, 0.4) is 0 Å². The summed E-state index contributed by atoms with van der Waals surface area (Å²) < 4.78 is 0. The standard InChI is InChI=1S/C14H22N4/c1-11(2)9-15-10-17-14(18-12(3)4)13-7-5-6-8-16-13/h5-8,11,15H,9-10H2,1-4H3/b17-14-. The molecule has 0 aromatic carbocycles. The maximum atomic E-state index is 4.46. The van der Waals surface area contributed by atoms with Gasteiger partial charge in [0.1, 0.15) is 5.69 Å². The van der Waals surface area contributed by atoms with Crippen molar-refractivity contribution in [2.45, 2.75) is 27.7 Å². The highest BCUT2D eigenvalue weighted by Crippen LogP contribution is 1.99. The molecule has 0 fully saturated rings. The van der Waals surface area contributed by atoms with E-state index in [2.05, 4.69) is 34.1 Å². The minimum atomic E-state index is 0.570. The molecule has 0 aliphatic rings. The summed E-state index contributed by atoms with van der Waals surface area (Å²) in [6, 6.07) is 5.76. The number of amidine groups is 1. The van der Waals surface area contributed by atoms with Gasteiger partial charge in [-0.1, -0.05) is 19.9 Å². The maximum absolute atomic E-state index is 4.46. The molecule has 0 aliphatic heterocycles. The largest absolute Gasteiger partial charge is 0.298 e. The molecule has 0 atom stereocenters. The lowest BCUT2D eigenvalue weighted by Crippen LogP contribution is -2.20. The van der Waals surface area contributed by atoms with Crippen molar-refractivity contribution < 1.29 is 0 Å². The first-order valence-electron chi connectivity index (χ1n) is 6.28. The molecular weight excluding hydrogens is 224 g/mol. The molecule has 98 valence electrons. The molecule has 18 heavy (non-hydrogen) atoms. The number of aromatic nitrogens is 1. The minimum absolute atomic E-state index is 0.570. The lowest BCUT2D eigenvalue weighted by Gasteiger charge is -2.05. The van der Waals surface area contributed by atoms with Crippen molar-refractivity contribution in [3.05, 3.63) is 30.1 Å². The fraction of sp³-hybridized carbons (Fsp3) is 0.500. The van der Waals surface area contributed by atoms with E-state index in [9.17, 15) is 0 Å². The predicted octanol–water partition coefficient (Wildman–Crippen LogP) is 2.51. The highest BCUT2D eigenvalue weighted by molar-refractivity contribution is 6.04. The molecule has 1 N–H and O–H groups in total. The van der Waals surface area contributed by atoms with Gasteiger partial charge in [0.2, 0.25) is 0 Å². The van der Waals surface area contributed by atoms with E-state index in [0.29, 0.717) is 18.4 Å². The second kappa shape index (κ2) is 7.71. The smallest absolute Gasteiger partial charge is 0.174 e. The van der Waals surface area contributed by atoms with Crippen molar-refractivity contribution in [3.63, 3.8) is 0 Å². The van der Waals surface area contributed by atoms with Crippen LogP contribution in [0.15, 0.2) is 34.4 Å². The summed E-state index contributed by atoms with van der Waals surface area (Å²) in [7, 11) is 0. The molecule has 0 aliphatic carbocycles. The zero-order valence-corrected chi connectivity index (χ0v) is 11.6. The third kappa shape index (κ3) is 5.68. The topological polar surface area (TPSA) is 49.6 Å². The van der Waals surface area contributed by atoms with Crippen LogP contribution in [0.1, 0.15) is 33.4 Å². The van der Waals surface area contributed by atoms with Crippen molar-refractivity contribution >= 4 is 11.5 Å². The normalized spacial score (nSPS) is 11.7. The highest BCUT2D eigenvalue weighted by Gasteiger charge is 2.02. The number of aliphatic imine (C=N–C) groups is 2. The van der Waals surface area contributed by atoms with Crippen LogP contribution in [-0.4, -0.2) is 29.7 Å². The van der Waals surface area contributed by atoms with Crippen LogP contribution < -0.4 is 5.32 Å². The van der Waals surface area contributed by atoms with Gasteiger partial charge < -0.3 is 0 Å². The van der Waals surface area contributed by atoms with E-state index in [1.165, 1.54) is 0 Å². The first-order chi connectivity index (χ1) is 8.59. The Bertz CT molecular complexity index is 403. The molecule has 0 unspecified atom stereocenters. The van der Waals surface area contributed by atoms with Gasteiger partial charge in [-0.25, -0.2) is 9.98 Å². The Morgan fingerprint density at radius 1 is 1.33 bits per heavy atom. The van der Waals surface area contributed by atoms with Crippen LogP contribution in [0.2, 0.25) is 0 Å². The number of nitrogens with one attached hydrogen (secondary N) is 1. The van der Waals surface area contributed by atoms with Gasteiger partial charge in [0.25, 0.3) is 0 Å². The molecule has 0 saturated carbocycles. The van der Waals surface area contributed by atoms with E-state index < -0.39 is 0 Å². The van der Waals surface area contributed by atoms with Gasteiger partial charge in [-0.2, -0.15) is 0 Å². The Kier molecular flexibility index (Phi) is 6.22. The van der Waals surface area contributed by atoms with Crippen LogP contribution in [0.25, 0.3) is 0 Å². The number of hydrogen-bond acceptors (Lipinski definition) is 3. The molecule has 4 nitrogen and oxygen atoms in total. The molecule has 0 spiro atoms. The molecule has 4 heteroatoms. The van der Waals surface area contributed by atoms with Crippen LogP contribution in [0.4, 0.5) is 0 Å². The van der Waals surface area contributed by atoms with Crippen LogP contribution >= 0.6 is 0 Å². The summed E-state index contributed by atoms with van der Waals surface area (Å²) >= 11 is 0. The van der Waals surface area contributed by atoms with Gasteiger partial charge in [-0.15, -0.1) is 0 Å². The molecule has 1 aromatic rings. The van der Waals surface area contributed by atoms with Gasteiger partial charge in [-0.3, -0.25) is 10.3 Å². The number of pyridine rings is 1. The fourth-order valence-electron chi connectivity index (χ4n) is 1.36. The van der Waals surface area contributed by atoms with E-state index >= 15 is 0 Å². The SMILES string of the molecule is CC(C)=N/C(=N\CNCC(C)C)c1ccccn1. The Balaban J connectivity index is 2.73. The van der Waals surface area contributed by atoms with Crippen LogP contribution in [0, 0.1) is 5.92 Å². The lowest BCUT2D eigenvalue weighted by molar-refractivity contribution is 0.561. The molecule has 1 heterocycles. The summed E-state index contributed by atoms with van der Waals surface area (Å²) in [5, 5.41) is 3.27. The molecule has 1 rings (SSSR count). The molecule has 0 amide bonds. The third-order valence-corrected chi connectivity index (χ3v) is 2.12. The first kappa shape index (κ1) is 14.5. The number of hydrogen-bond donors (Lipinski definition) is 1. The number of nitrogens with zero attached hydrogens (tertiary/aromatic N) is 3. The summed E-state index contributed by atoms with van der Waals surface area (Å²) in [5.41, 5.74) is 1.79. The minimum Gasteiger partial charge on any atom is -0.298 e. The predicted molar refractivity (Wildman–Crippen MR) is 77.3 cm³/mol. The van der Waals surface area contributed by atoms with Gasteiger partial charge in [0.15, 0.2) is 5.84 Å². The summed E-state index contributed by atoms with van der Waals surface area (Å²) in [4.78, 5) is 13.2. The van der Waals surface area contributed by atoms with Crippen molar-refractivity contribution in [1.82, 2.24) is 10.3 Å². The van der Waals surface area contributed by atoms with E-state index in [-0.39, 0.29) is 0 Å². The Morgan fingerprint density at radius 2 is 2.11 bits per heavy atom. The summed E-state index contributed by atoms with van der Waals surface area (Å²) in [5.74, 6) is 1.31. The Morgan fingerprint density at radius 3 is 2.67 bits per heavy atom. The molecule has 0 radical (unpaired) electrons. The van der Waals surface area contributed by atoms with Crippen molar-refractivity contribution in [2.24, 2.45) is 15.9 Å². The second-order valence-electron chi connectivity index (χ2n) is 4.76. The average Bonchev–Trinajstić information content (AvgIpc) is 2.33. The Labute approximate surface area is 109 Å². The number of rotatable bonds is 5. The zero-order chi connectivity index (χ0) is 13.4. The maximum Gasteiger partial charge on any atom is 0.174 e. The zero-order valence-electron chi connectivity index (χ0n) is 11.6. The molecule has 0 bridgehead atoms. The van der Waals surface area contributed by atoms with Crippen LogP contribution in [-0.2, 0) is 0 Å². The third-order valence-electron chi connectivity index (χ3n) is 2.12. The summed E-state index contributed by atoms with van der Waals surface area (Å²) in [6.45, 7) is 9.78. The van der Waals surface area contributed by atoms with E-state index in [1.54, 1.807) is 6.20 Å². The monoisotopic (exact) mass is 246 g/mol. The van der Waals surface area contributed by atoms with Crippen LogP contribution in [0.5, 0.6) is 0 Å². The van der Waals surface area contributed by atoms with Gasteiger partial charge in [0, 0.05) is 11.9 Å².